The molecule has 2 fully saturated rings. The van der Waals surface area contributed by atoms with Gasteiger partial charge in [0.2, 0.25) is 15.9 Å². The molecule has 0 saturated carbocycles. The van der Waals surface area contributed by atoms with Crippen molar-refractivity contribution in [1.82, 2.24) is 14.1 Å². The van der Waals surface area contributed by atoms with Crippen LogP contribution in [0, 0.1) is 34.0 Å². The fraction of sp³-hybridized carbons (Fsp3) is 0.600. The first-order chi connectivity index (χ1) is 16.8. The molecule has 1 aromatic carbocycles. The lowest BCUT2D eigenvalue weighted by Crippen LogP contribution is -2.51. The number of piperidine rings is 1. The molecule has 2 amide bonds. The molecule has 0 radical (unpaired) electrons. The number of sulfonamides is 1. The predicted molar refractivity (Wildman–Crippen MR) is 131 cm³/mol. The second kappa shape index (κ2) is 10.5. The molecular formula is C25H33N5O5S. The fourth-order valence-corrected chi connectivity index (χ4v) is 5.83. The maximum absolute atomic E-state index is 13.4. The second-order valence-electron chi connectivity index (χ2n) is 10.5. The Morgan fingerprint density at radius 1 is 1.11 bits per heavy atom. The Morgan fingerprint density at radius 3 is 2.25 bits per heavy atom. The van der Waals surface area contributed by atoms with E-state index in [1.807, 2.05) is 6.07 Å². The molecule has 36 heavy (non-hydrogen) atoms. The van der Waals surface area contributed by atoms with Crippen molar-refractivity contribution in [1.29, 1.82) is 10.5 Å². The van der Waals surface area contributed by atoms with E-state index in [1.54, 1.807) is 25.7 Å². The van der Waals surface area contributed by atoms with Crippen LogP contribution in [0.3, 0.4) is 0 Å². The van der Waals surface area contributed by atoms with Crippen LogP contribution in [0.2, 0.25) is 0 Å². The van der Waals surface area contributed by atoms with Crippen LogP contribution in [-0.2, 0) is 19.6 Å². The highest BCUT2D eigenvalue weighted by atomic mass is 32.2. The maximum atomic E-state index is 13.4. The quantitative estimate of drug-likeness (QED) is 0.588. The molecule has 0 N–H and O–H groups in total. The van der Waals surface area contributed by atoms with Crippen molar-refractivity contribution in [3.05, 3.63) is 29.8 Å². The van der Waals surface area contributed by atoms with Crippen molar-refractivity contribution in [2.45, 2.75) is 50.5 Å². The Morgan fingerprint density at radius 2 is 1.72 bits per heavy atom. The summed E-state index contributed by atoms with van der Waals surface area (Å²) in [5, 5.41) is 18.8. The van der Waals surface area contributed by atoms with Crippen molar-refractivity contribution in [2.75, 3.05) is 39.8 Å². The Hall–Kier alpha value is -3.15. The largest absolute Gasteiger partial charge is 0.444 e. The fourth-order valence-electron chi connectivity index (χ4n) is 4.58. The zero-order valence-electron chi connectivity index (χ0n) is 21.2. The van der Waals surface area contributed by atoms with Gasteiger partial charge in [-0.05, 0) is 70.2 Å². The first kappa shape index (κ1) is 27.4. The van der Waals surface area contributed by atoms with Gasteiger partial charge in [0.1, 0.15) is 11.0 Å². The molecule has 0 aliphatic carbocycles. The highest BCUT2D eigenvalue weighted by Crippen LogP contribution is 2.35. The molecule has 2 saturated heterocycles. The number of nitrogens with zero attached hydrogens (tertiary/aromatic N) is 5. The number of rotatable bonds is 5. The third kappa shape index (κ3) is 5.97. The van der Waals surface area contributed by atoms with E-state index in [0.717, 1.165) is 0 Å². The van der Waals surface area contributed by atoms with Crippen LogP contribution < -0.4 is 0 Å². The van der Waals surface area contributed by atoms with Crippen LogP contribution in [-0.4, -0.2) is 79.9 Å². The number of carbonyl (C=O) groups is 2. The summed E-state index contributed by atoms with van der Waals surface area (Å²) in [6.45, 7) is 6.93. The first-order valence-corrected chi connectivity index (χ1v) is 13.4. The molecule has 1 unspecified atom stereocenters. The molecule has 1 aromatic rings. The summed E-state index contributed by atoms with van der Waals surface area (Å²) in [5.41, 5.74) is -1.44. The zero-order chi connectivity index (χ0) is 26.7. The highest BCUT2D eigenvalue weighted by molar-refractivity contribution is 7.89. The summed E-state index contributed by atoms with van der Waals surface area (Å²) >= 11 is 0. The van der Waals surface area contributed by atoms with Crippen molar-refractivity contribution >= 4 is 22.0 Å². The third-order valence-corrected chi connectivity index (χ3v) is 8.51. The topological polar surface area (TPSA) is 135 Å². The van der Waals surface area contributed by atoms with E-state index in [0.29, 0.717) is 25.1 Å². The number of hydrogen-bond donors (Lipinski definition) is 0. The van der Waals surface area contributed by atoms with Gasteiger partial charge in [0.15, 0.2) is 0 Å². The van der Waals surface area contributed by atoms with Crippen LogP contribution >= 0.6 is 0 Å². The van der Waals surface area contributed by atoms with Gasteiger partial charge < -0.3 is 14.5 Å². The van der Waals surface area contributed by atoms with E-state index in [2.05, 4.69) is 6.07 Å². The minimum absolute atomic E-state index is 0.0651. The monoisotopic (exact) mass is 515 g/mol. The number of benzene rings is 1. The Balaban J connectivity index is 1.59. The van der Waals surface area contributed by atoms with Gasteiger partial charge in [-0.25, -0.2) is 17.5 Å². The smallest absolute Gasteiger partial charge is 0.410 e. The molecule has 0 bridgehead atoms. The molecule has 0 spiro atoms. The maximum Gasteiger partial charge on any atom is 0.410 e. The van der Waals surface area contributed by atoms with E-state index in [-0.39, 0.29) is 49.2 Å². The van der Waals surface area contributed by atoms with E-state index in [1.165, 1.54) is 40.5 Å². The highest BCUT2D eigenvalue weighted by Gasteiger charge is 2.47. The molecule has 3 rings (SSSR count). The van der Waals surface area contributed by atoms with Gasteiger partial charge in [0.25, 0.3) is 0 Å². The molecule has 2 heterocycles. The van der Waals surface area contributed by atoms with Crippen molar-refractivity contribution in [3.8, 4) is 12.1 Å². The number of likely N-dealkylation sites (tertiary alicyclic amines) is 2. The second-order valence-corrected chi connectivity index (χ2v) is 12.5. The standard InChI is InChI=1S/C25H33N5O5S/c1-24(2,3)35-23(32)29-13-10-25(18-27,11-14-29)22(31)30-12-9-20(17-30)16-28(4)36(33,34)21-7-5-19(15-26)6-8-21/h5-8,20H,9-14,16-17H2,1-4H3. The molecule has 2 aliphatic rings. The van der Waals surface area contributed by atoms with E-state index in [4.69, 9.17) is 10.00 Å². The molecule has 194 valence electrons. The first-order valence-electron chi connectivity index (χ1n) is 12.0. The lowest BCUT2D eigenvalue weighted by molar-refractivity contribution is -0.140. The van der Waals surface area contributed by atoms with E-state index < -0.39 is 27.1 Å². The van der Waals surface area contributed by atoms with Crippen LogP contribution in [0.5, 0.6) is 0 Å². The number of carbonyl (C=O) groups excluding carboxylic acids is 2. The summed E-state index contributed by atoms with van der Waals surface area (Å²) in [5.74, 6) is -0.321. The average molecular weight is 516 g/mol. The van der Waals surface area contributed by atoms with Crippen LogP contribution in [0.15, 0.2) is 29.2 Å². The third-order valence-electron chi connectivity index (χ3n) is 6.67. The minimum Gasteiger partial charge on any atom is -0.444 e. The molecule has 2 aliphatic heterocycles. The number of ether oxygens (including phenoxy) is 1. The van der Waals surface area contributed by atoms with Gasteiger partial charge in [-0.3, -0.25) is 4.79 Å². The van der Waals surface area contributed by atoms with Gasteiger partial charge in [-0.1, -0.05) is 0 Å². The molecule has 0 aromatic heterocycles. The number of amides is 2. The van der Waals surface area contributed by atoms with Crippen molar-refractivity contribution in [2.24, 2.45) is 11.3 Å². The summed E-state index contributed by atoms with van der Waals surface area (Å²) in [6.07, 6.45) is 0.643. The number of nitriles is 2. The summed E-state index contributed by atoms with van der Waals surface area (Å²) in [6, 6.07) is 9.93. The average Bonchev–Trinajstić information content (AvgIpc) is 3.30. The molecule has 1 atom stereocenters. The Bertz CT molecular complexity index is 1170. The van der Waals surface area contributed by atoms with Gasteiger partial charge in [-0.15, -0.1) is 0 Å². The van der Waals surface area contributed by atoms with Crippen LogP contribution in [0.1, 0.15) is 45.6 Å². The minimum atomic E-state index is -3.74. The van der Waals surface area contributed by atoms with Gasteiger partial charge in [-0.2, -0.15) is 10.5 Å². The Labute approximate surface area is 213 Å². The van der Waals surface area contributed by atoms with Crippen molar-refractivity contribution < 1.29 is 22.7 Å². The molecule has 10 nitrogen and oxygen atoms in total. The van der Waals surface area contributed by atoms with Crippen molar-refractivity contribution in [3.63, 3.8) is 0 Å². The SMILES string of the molecule is CN(CC1CCN(C(=O)C2(C#N)CCN(C(=O)OC(C)(C)C)CC2)C1)S(=O)(=O)c1ccc(C#N)cc1. The van der Waals surface area contributed by atoms with Gasteiger partial charge in [0.05, 0.1) is 22.6 Å². The molecular weight excluding hydrogens is 482 g/mol. The summed E-state index contributed by atoms with van der Waals surface area (Å²) in [4.78, 5) is 29.0. The lowest BCUT2D eigenvalue weighted by atomic mass is 9.78. The zero-order valence-corrected chi connectivity index (χ0v) is 22.0. The van der Waals surface area contributed by atoms with Crippen LogP contribution in [0.4, 0.5) is 4.79 Å². The van der Waals surface area contributed by atoms with E-state index in [9.17, 15) is 23.3 Å². The van der Waals surface area contributed by atoms with Crippen LogP contribution in [0.25, 0.3) is 0 Å². The number of hydrogen-bond acceptors (Lipinski definition) is 7. The molecule has 11 heteroatoms. The summed E-state index contributed by atoms with van der Waals surface area (Å²) < 4.78 is 32.5. The van der Waals surface area contributed by atoms with Gasteiger partial charge >= 0.3 is 6.09 Å². The lowest BCUT2D eigenvalue weighted by Gasteiger charge is -2.38. The normalized spacial score (nSPS) is 20.0. The van der Waals surface area contributed by atoms with Gasteiger partial charge in [0, 0.05) is 39.8 Å². The van der Waals surface area contributed by atoms with E-state index >= 15 is 0 Å². The Kier molecular flexibility index (Phi) is 7.97. The summed E-state index contributed by atoms with van der Waals surface area (Å²) in [7, 11) is -2.23. The predicted octanol–water partition coefficient (Wildman–Crippen LogP) is 2.57.